The van der Waals surface area contributed by atoms with Crippen molar-refractivity contribution in [2.75, 3.05) is 14.2 Å². The van der Waals surface area contributed by atoms with Crippen LogP contribution in [0.4, 0.5) is 0 Å². The Balaban J connectivity index is 2.80. The van der Waals surface area contributed by atoms with Gasteiger partial charge in [-0.3, -0.25) is 4.79 Å². The van der Waals surface area contributed by atoms with Crippen LogP contribution in [-0.4, -0.2) is 36.4 Å². The van der Waals surface area contributed by atoms with Gasteiger partial charge in [0.05, 0.1) is 31.8 Å². The molecular weight excluding hydrogens is 270 g/mol. The molecule has 0 aliphatic carbocycles. The fraction of sp³-hybridized carbons (Fsp3) is 0.562. The Labute approximate surface area is 126 Å². The van der Waals surface area contributed by atoms with Crippen molar-refractivity contribution in [1.82, 2.24) is 5.32 Å². The molecule has 1 aromatic rings. The van der Waals surface area contributed by atoms with Gasteiger partial charge in [-0.15, -0.1) is 0 Å². The third-order valence-electron chi connectivity index (χ3n) is 3.79. The second-order valence-corrected chi connectivity index (χ2v) is 6.10. The van der Waals surface area contributed by atoms with E-state index in [0.717, 1.165) is 5.56 Å². The maximum absolute atomic E-state index is 12.1. The Hall–Kier alpha value is -1.75. The van der Waals surface area contributed by atoms with Gasteiger partial charge in [-0.2, -0.15) is 0 Å². The molecule has 1 amide bonds. The largest absolute Gasteiger partial charge is 0.493 e. The van der Waals surface area contributed by atoms with E-state index in [1.807, 2.05) is 6.07 Å². The van der Waals surface area contributed by atoms with Crippen molar-refractivity contribution in [2.24, 2.45) is 0 Å². The first kappa shape index (κ1) is 17.3. The van der Waals surface area contributed by atoms with E-state index in [1.54, 1.807) is 54.0 Å². The Morgan fingerprint density at radius 3 is 2.19 bits per heavy atom. The van der Waals surface area contributed by atoms with Crippen LogP contribution in [0.2, 0.25) is 0 Å². The molecule has 0 fully saturated rings. The van der Waals surface area contributed by atoms with Crippen molar-refractivity contribution < 1.29 is 19.4 Å². The third-order valence-corrected chi connectivity index (χ3v) is 3.79. The number of carbonyl (C=O) groups excluding carboxylic acids is 1. The second-order valence-electron chi connectivity index (χ2n) is 6.10. The van der Waals surface area contributed by atoms with Crippen LogP contribution in [0.1, 0.15) is 33.3 Å². The number of aliphatic hydroxyl groups is 1. The number of rotatable bonds is 6. The molecule has 0 aliphatic heterocycles. The lowest BCUT2D eigenvalue weighted by atomic mass is 9.86. The molecule has 0 spiro atoms. The van der Waals surface area contributed by atoms with Gasteiger partial charge in [-0.05, 0) is 45.4 Å². The molecule has 0 bridgehead atoms. The summed E-state index contributed by atoms with van der Waals surface area (Å²) in [7, 11) is 3.12. The van der Waals surface area contributed by atoms with Gasteiger partial charge < -0.3 is 19.9 Å². The summed E-state index contributed by atoms with van der Waals surface area (Å²) >= 11 is 0. The standard InChI is InChI=1S/C16H25NO4/c1-15(2,16(3,4)19)17-14(18)10-11-7-8-12(20-5)13(9-11)21-6/h7-9,19H,10H2,1-6H3,(H,17,18). The highest BCUT2D eigenvalue weighted by Crippen LogP contribution is 2.28. The van der Waals surface area contributed by atoms with Crippen molar-refractivity contribution in [3.05, 3.63) is 23.8 Å². The Morgan fingerprint density at radius 1 is 1.14 bits per heavy atom. The summed E-state index contributed by atoms with van der Waals surface area (Å²) in [6, 6.07) is 5.36. The lowest BCUT2D eigenvalue weighted by molar-refractivity contribution is -0.125. The van der Waals surface area contributed by atoms with E-state index >= 15 is 0 Å². The van der Waals surface area contributed by atoms with Crippen LogP contribution in [0.25, 0.3) is 0 Å². The van der Waals surface area contributed by atoms with E-state index in [0.29, 0.717) is 11.5 Å². The zero-order valence-electron chi connectivity index (χ0n) is 13.6. The minimum absolute atomic E-state index is 0.158. The van der Waals surface area contributed by atoms with Gasteiger partial charge in [-0.25, -0.2) is 0 Å². The Bertz CT molecular complexity index is 503. The molecule has 118 valence electrons. The molecule has 0 atom stereocenters. The molecular formula is C16H25NO4. The van der Waals surface area contributed by atoms with E-state index in [2.05, 4.69) is 5.32 Å². The van der Waals surface area contributed by atoms with Crippen molar-refractivity contribution >= 4 is 5.91 Å². The molecule has 5 heteroatoms. The number of nitrogens with one attached hydrogen (secondary N) is 1. The zero-order chi connectivity index (χ0) is 16.3. The maximum atomic E-state index is 12.1. The molecule has 0 saturated heterocycles. The van der Waals surface area contributed by atoms with Crippen molar-refractivity contribution in [2.45, 2.75) is 45.3 Å². The first-order valence-corrected chi connectivity index (χ1v) is 6.85. The van der Waals surface area contributed by atoms with E-state index in [1.165, 1.54) is 0 Å². The van der Waals surface area contributed by atoms with E-state index in [4.69, 9.17) is 9.47 Å². The smallest absolute Gasteiger partial charge is 0.224 e. The molecule has 1 rings (SSSR count). The van der Waals surface area contributed by atoms with Gasteiger partial charge in [-0.1, -0.05) is 6.07 Å². The van der Waals surface area contributed by atoms with Crippen LogP contribution >= 0.6 is 0 Å². The van der Waals surface area contributed by atoms with Crippen LogP contribution in [0.3, 0.4) is 0 Å². The summed E-state index contributed by atoms with van der Waals surface area (Å²) in [4.78, 5) is 12.1. The van der Waals surface area contributed by atoms with Crippen LogP contribution in [0.5, 0.6) is 11.5 Å². The predicted octanol–water partition coefficient (Wildman–Crippen LogP) is 1.91. The van der Waals surface area contributed by atoms with Gasteiger partial charge in [0, 0.05) is 0 Å². The lowest BCUT2D eigenvalue weighted by Crippen LogP contribution is -2.58. The quantitative estimate of drug-likeness (QED) is 0.841. The topological polar surface area (TPSA) is 67.8 Å². The van der Waals surface area contributed by atoms with Crippen molar-refractivity contribution in [1.29, 1.82) is 0 Å². The van der Waals surface area contributed by atoms with Gasteiger partial charge in [0.15, 0.2) is 11.5 Å². The minimum atomic E-state index is -1.01. The summed E-state index contributed by atoms with van der Waals surface area (Å²) < 4.78 is 10.4. The van der Waals surface area contributed by atoms with E-state index in [9.17, 15) is 9.90 Å². The van der Waals surface area contributed by atoms with Gasteiger partial charge in [0.2, 0.25) is 5.91 Å². The minimum Gasteiger partial charge on any atom is -0.493 e. The molecule has 0 aromatic heterocycles. The van der Waals surface area contributed by atoms with Crippen LogP contribution in [0, 0.1) is 0 Å². The molecule has 5 nitrogen and oxygen atoms in total. The highest BCUT2D eigenvalue weighted by Gasteiger charge is 2.36. The molecule has 0 unspecified atom stereocenters. The molecule has 0 saturated carbocycles. The van der Waals surface area contributed by atoms with Crippen LogP contribution in [-0.2, 0) is 11.2 Å². The number of methoxy groups -OCH3 is 2. The number of benzene rings is 1. The van der Waals surface area contributed by atoms with Gasteiger partial charge in [0.25, 0.3) is 0 Å². The molecule has 21 heavy (non-hydrogen) atoms. The average molecular weight is 295 g/mol. The normalized spacial score (nSPS) is 12.0. The fourth-order valence-corrected chi connectivity index (χ4v) is 1.72. The summed E-state index contributed by atoms with van der Waals surface area (Å²) in [5.41, 5.74) is -0.919. The summed E-state index contributed by atoms with van der Waals surface area (Å²) in [5, 5.41) is 12.9. The first-order chi connectivity index (χ1) is 9.60. The molecule has 1 aromatic carbocycles. The first-order valence-electron chi connectivity index (χ1n) is 6.85. The van der Waals surface area contributed by atoms with Gasteiger partial charge in [0.1, 0.15) is 0 Å². The maximum Gasteiger partial charge on any atom is 0.224 e. The number of hydrogen-bond acceptors (Lipinski definition) is 4. The average Bonchev–Trinajstić information content (AvgIpc) is 2.36. The van der Waals surface area contributed by atoms with E-state index < -0.39 is 11.1 Å². The highest BCUT2D eigenvalue weighted by atomic mass is 16.5. The highest BCUT2D eigenvalue weighted by molar-refractivity contribution is 5.79. The second kappa shape index (κ2) is 6.35. The summed E-state index contributed by atoms with van der Waals surface area (Å²) in [6.45, 7) is 6.92. The van der Waals surface area contributed by atoms with Crippen molar-refractivity contribution in [3.8, 4) is 11.5 Å². The SMILES string of the molecule is COc1ccc(CC(=O)NC(C)(C)C(C)(C)O)cc1OC. The number of hydrogen-bond donors (Lipinski definition) is 2. The summed E-state index contributed by atoms with van der Waals surface area (Å²) in [5.74, 6) is 1.05. The van der Waals surface area contributed by atoms with Gasteiger partial charge >= 0.3 is 0 Å². The fourth-order valence-electron chi connectivity index (χ4n) is 1.72. The monoisotopic (exact) mass is 295 g/mol. The molecule has 0 heterocycles. The number of carbonyl (C=O) groups is 1. The van der Waals surface area contributed by atoms with Crippen LogP contribution in [0.15, 0.2) is 18.2 Å². The molecule has 2 N–H and O–H groups in total. The number of amides is 1. The van der Waals surface area contributed by atoms with Crippen LogP contribution < -0.4 is 14.8 Å². The molecule has 0 aliphatic rings. The Morgan fingerprint density at radius 2 is 1.71 bits per heavy atom. The van der Waals surface area contributed by atoms with Crippen molar-refractivity contribution in [3.63, 3.8) is 0 Å². The van der Waals surface area contributed by atoms with E-state index in [-0.39, 0.29) is 12.3 Å². The number of ether oxygens (including phenoxy) is 2. The lowest BCUT2D eigenvalue weighted by Gasteiger charge is -2.38. The third kappa shape index (κ3) is 4.36. The zero-order valence-corrected chi connectivity index (χ0v) is 13.6. The Kier molecular flexibility index (Phi) is 5.23. The predicted molar refractivity (Wildman–Crippen MR) is 81.8 cm³/mol. The summed E-state index contributed by atoms with van der Waals surface area (Å²) in [6.07, 6.45) is 0.208. The molecule has 0 radical (unpaired) electrons.